The number of hydrogen-bond donors (Lipinski definition) is 0. The summed E-state index contributed by atoms with van der Waals surface area (Å²) in [6.07, 6.45) is 7.37. The Bertz CT molecular complexity index is 900. The van der Waals surface area contributed by atoms with E-state index in [0.717, 1.165) is 23.8 Å². The topological polar surface area (TPSA) is 43.9 Å². The fourth-order valence-corrected chi connectivity index (χ4v) is 3.36. The molecule has 0 bridgehead atoms. The molecule has 1 aliphatic heterocycles. The second-order valence-corrected chi connectivity index (χ2v) is 6.21. The molecule has 2 aromatic carbocycles. The molecule has 0 amide bonds. The molecule has 120 valence electrons. The number of hydrogen-bond acceptors (Lipinski definition) is 2. The highest BCUT2D eigenvalue weighted by atomic mass is 16.1. The Labute approximate surface area is 142 Å². The number of nitriles is 1. The van der Waals surface area contributed by atoms with E-state index >= 15 is 0 Å². The minimum atomic E-state index is -0.204. The largest absolute Gasteiger partial charge is 0.294 e. The van der Waals surface area contributed by atoms with E-state index in [4.69, 9.17) is 5.26 Å². The molecule has 1 atom stereocenters. The third-order valence-corrected chi connectivity index (χ3v) is 4.66. The Morgan fingerprint density at radius 2 is 2.21 bits per heavy atom. The number of fused-ring (bicyclic) bond motifs is 1. The molecule has 3 nitrogen and oxygen atoms in total. The molecule has 3 rings (SSSR count). The second-order valence-electron chi connectivity index (χ2n) is 6.21. The molecule has 0 spiro atoms. The van der Waals surface area contributed by atoms with E-state index in [-0.39, 0.29) is 11.4 Å². The summed E-state index contributed by atoms with van der Waals surface area (Å²) in [6.45, 7) is 3.65. The monoisotopic (exact) mass is 317 g/mol. The lowest BCUT2D eigenvalue weighted by atomic mass is 10.0. The highest BCUT2D eigenvalue weighted by Crippen LogP contribution is 2.31. The predicted molar refractivity (Wildman–Crippen MR) is 97.5 cm³/mol. The summed E-state index contributed by atoms with van der Waals surface area (Å²) in [5, 5.41) is 11.4. The highest BCUT2D eigenvalue weighted by molar-refractivity contribution is 6.02. The van der Waals surface area contributed by atoms with Crippen LogP contribution in [-0.2, 0) is 4.79 Å². The lowest BCUT2D eigenvalue weighted by Gasteiger charge is -2.10. The van der Waals surface area contributed by atoms with Crippen molar-refractivity contribution in [3.8, 4) is 6.07 Å². The van der Waals surface area contributed by atoms with Gasteiger partial charge in [-0.25, -0.2) is 0 Å². The van der Waals surface area contributed by atoms with Crippen molar-refractivity contribution in [2.75, 3.05) is 0 Å². The number of allylic oxidation sites excluding steroid dienone is 1. The van der Waals surface area contributed by atoms with Crippen molar-refractivity contribution < 1.29 is 9.37 Å². The molecule has 0 N–H and O–H groups in total. The molecule has 1 aliphatic rings. The maximum absolute atomic E-state index is 11.5. The summed E-state index contributed by atoms with van der Waals surface area (Å²) < 4.78 is 2.38. The van der Waals surface area contributed by atoms with Crippen LogP contribution in [-0.4, -0.2) is 22.6 Å². The Morgan fingerprint density at radius 3 is 2.92 bits per heavy atom. The molecule has 0 aromatic heterocycles. The van der Waals surface area contributed by atoms with Crippen molar-refractivity contribution in [2.45, 2.75) is 39.2 Å². The predicted octanol–water partition coefficient (Wildman–Crippen LogP) is 4.62. The summed E-state index contributed by atoms with van der Waals surface area (Å²) in [5.74, 6) is -0.204. The maximum Gasteiger partial charge on any atom is 0.213 e. The van der Waals surface area contributed by atoms with Crippen LogP contribution in [0, 0.1) is 11.3 Å². The number of nitrogens with zero attached hydrogens (tertiary/aromatic N) is 2. The normalized spacial score (nSPS) is 17.6. The van der Waals surface area contributed by atoms with E-state index in [1.807, 2.05) is 12.1 Å². The van der Waals surface area contributed by atoms with Crippen LogP contribution in [0.4, 0.5) is 5.69 Å². The van der Waals surface area contributed by atoms with Gasteiger partial charge in [-0.3, -0.25) is 4.79 Å². The zero-order valence-corrected chi connectivity index (χ0v) is 14.1. The van der Waals surface area contributed by atoms with Crippen molar-refractivity contribution in [3.05, 3.63) is 47.5 Å². The summed E-state index contributed by atoms with van der Waals surface area (Å²) >= 11 is 0. The molecule has 24 heavy (non-hydrogen) atoms. The van der Waals surface area contributed by atoms with Crippen molar-refractivity contribution in [2.24, 2.45) is 0 Å². The Morgan fingerprint density at radius 1 is 1.38 bits per heavy atom. The molecule has 0 saturated heterocycles. The van der Waals surface area contributed by atoms with Crippen LogP contribution in [0.5, 0.6) is 0 Å². The lowest BCUT2D eigenvalue weighted by molar-refractivity contribution is -0.470. The molecular weight excluding hydrogens is 296 g/mol. The molecule has 0 radical (unpaired) electrons. The fourth-order valence-electron chi connectivity index (χ4n) is 3.36. The van der Waals surface area contributed by atoms with E-state index in [2.05, 4.69) is 48.0 Å². The third-order valence-electron chi connectivity index (χ3n) is 4.66. The van der Waals surface area contributed by atoms with Gasteiger partial charge in [-0.15, -0.1) is 0 Å². The van der Waals surface area contributed by atoms with Gasteiger partial charge in [0.15, 0.2) is 11.8 Å². The molecule has 3 heteroatoms. The molecule has 0 aliphatic carbocycles. The maximum atomic E-state index is 11.5. The van der Waals surface area contributed by atoms with Crippen LogP contribution in [0.25, 0.3) is 16.8 Å². The standard InChI is InChI=1S/C21H21N2O/c1-3-19-7-5-11-23(19)21-8-4-6-17-10-9-16(13-20(17)21)12-18(14-22)15(2)24/h4,6,8-13,19H,3,5,7H2,1-2H3/q+1/b18-12+. The molecular formula is C21H21N2O+. The van der Waals surface area contributed by atoms with Gasteiger partial charge in [0.1, 0.15) is 12.3 Å². The average Bonchev–Trinajstić information content (AvgIpc) is 3.07. The lowest BCUT2D eigenvalue weighted by Crippen LogP contribution is -2.16. The minimum absolute atomic E-state index is 0.186. The van der Waals surface area contributed by atoms with Gasteiger partial charge in [0, 0.05) is 25.3 Å². The third kappa shape index (κ3) is 3.00. The number of carbonyl (C=O) groups is 1. The van der Waals surface area contributed by atoms with Crippen LogP contribution < -0.4 is 0 Å². The fraction of sp³-hybridized carbons (Fsp3) is 0.286. The summed E-state index contributed by atoms with van der Waals surface area (Å²) in [5.41, 5.74) is 2.27. The van der Waals surface area contributed by atoms with Crippen LogP contribution in [0.1, 0.15) is 38.7 Å². The van der Waals surface area contributed by atoms with Crippen molar-refractivity contribution >= 4 is 34.5 Å². The molecule has 1 unspecified atom stereocenters. The first-order chi connectivity index (χ1) is 11.6. The van der Waals surface area contributed by atoms with E-state index in [1.165, 1.54) is 24.4 Å². The van der Waals surface area contributed by atoms with Gasteiger partial charge >= 0.3 is 0 Å². The van der Waals surface area contributed by atoms with Crippen LogP contribution in [0.15, 0.2) is 42.0 Å². The van der Waals surface area contributed by atoms with Crippen LogP contribution in [0.2, 0.25) is 0 Å². The molecule has 0 fully saturated rings. The van der Waals surface area contributed by atoms with Gasteiger partial charge in [0.05, 0.1) is 11.0 Å². The first-order valence-corrected chi connectivity index (χ1v) is 8.41. The Balaban J connectivity index is 2.14. The highest BCUT2D eigenvalue weighted by Gasteiger charge is 2.27. The summed E-state index contributed by atoms with van der Waals surface area (Å²) in [6, 6.07) is 14.9. The van der Waals surface area contributed by atoms with Crippen LogP contribution in [0.3, 0.4) is 0 Å². The first kappa shape index (κ1) is 16.1. The van der Waals surface area contributed by atoms with Gasteiger partial charge in [-0.2, -0.15) is 9.84 Å². The zero-order valence-electron chi connectivity index (χ0n) is 14.1. The van der Waals surface area contributed by atoms with Crippen LogP contribution >= 0.6 is 0 Å². The smallest absolute Gasteiger partial charge is 0.213 e. The van der Waals surface area contributed by atoms with Crippen molar-refractivity contribution in [1.29, 1.82) is 5.26 Å². The van der Waals surface area contributed by atoms with E-state index < -0.39 is 0 Å². The number of Topliss-reactive ketones (excluding diaryl/α,β-unsaturated/α-hetero) is 1. The molecule has 1 heterocycles. The van der Waals surface area contributed by atoms with Gasteiger partial charge in [0.25, 0.3) is 0 Å². The van der Waals surface area contributed by atoms with Gasteiger partial charge in [-0.1, -0.05) is 31.2 Å². The molecule has 2 aromatic rings. The summed E-state index contributed by atoms with van der Waals surface area (Å²) in [7, 11) is 0. The zero-order chi connectivity index (χ0) is 17.1. The first-order valence-electron chi connectivity index (χ1n) is 8.41. The second kappa shape index (κ2) is 6.80. The van der Waals surface area contributed by atoms with E-state index in [1.54, 1.807) is 6.08 Å². The number of benzene rings is 2. The Kier molecular flexibility index (Phi) is 4.57. The minimum Gasteiger partial charge on any atom is -0.294 e. The SMILES string of the molecule is CCC1CCC=[N+]1c1cccc2ccc(/C=C(\C#N)C(C)=O)cc12. The molecule has 0 saturated carbocycles. The van der Waals surface area contributed by atoms with Crippen molar-refractivity contribution in [3.63, 3.8) is 0 Å². The number of carbonyl (C=O) groups excluding carboxylic acids is 1. The summed E-state index contributed by atoms with van der Waals surface area (Å²) in [4.78, 5) is 11.5. The van der Waals surface area contributed by atoms with Crippen molar-refractivity contribution in [1.82, 2.24) is 0 Å². The van der Waals surface area contributed by atoms with E-state index in [0.29, 0.717) is 6.04 Å². The quantitative estimate of drug-likeness (QED) is 0.469. The van der Waals surface area contributed by atoms with Gasteiger partial charge in [0.2, 0.25) is 5.69 Å². The van der Waals surface area contributed by atoms with Gasteiger partial charge < -0.3 is 0 Å². The average molecular weight is 317 g/mol. The number of rotatable bonds is 4. The van der Waals surface area contributed by atoms with E-state index in [9.17, 15) is 4.79 Å². The van der Waals surface area contributed by atoms with Gasteiger partial charge in [-0.05, 0) is 30.0 Å². The number of ketones is 1. The Hall–Kier alpha value is -2.73.